The lowest BCUT2D eigenvalue weighted by Gasteiger charge is -2.12. The van der Waals surface area contributed by atoms with Crippen LogP contribution in [0, 0.1) is 0 Å². The average molecular weight is 419 g/mol. The van der Waals surface area contributed by atoms with E-state index in [9.17, 15) is 14.4 Å². The molecule has 1 atom stereocenters. The van der Waals surface area contributed by atoms with Gasteiger partial charge < -0.3 is 14.6 Å². The predicted octanol–water partition coefficient (Wildman–Crippen LogP) is 4.98. The molecular weight excluding hydrogens is 380 g/mol. The number of carbonyl (C=O) groups is 3. The van der Waals surface area contributed by atoms with E-state index in [0.717, 1.165) is 12.8 Å². The summed E-state index contributed by atoms with van der Waals surface area (Å²) in [5, 5.41) is 8.41. The molecule has 28 heavy (non-hydrogen) atoms. The number of rotatable bonds is 10. The smallest absolute Gasteiger partial charge is 0.307 e. The standard InChI is InChI=1S/C12H24O2.C9H14O4S/c1-2-3-4-5-6-7-8-9-10-11-12(13)14;1-7-6-12-8(10)2-4-14-5-3-9(11)13-7/h2-11H2,1H3,(H,13,14);7H,2-6H2,1H3. The number of unbranched alkanes of at least 4 members (excludes halogenated alkanes) is 8. The van der Waals surface area contributed by atoms with E-state index in [-0.39, 0.29) is 24.6 Å². The van der Waals surface area contributed by atoms with Gasteiger partial charge in [-0.05, 0) is 13.3 Å². The van der Waals surface area contributed by atoms with Crippen molar-refractivity contribution in [2.45, 2.75) is 97.0 Å². The lowest BCUT2D eigenvalue weighted by molar-refractivity contribution is -0.157. The Labute approximate surface area is 174 Å². The van der Waals surface area contributed by atoms with Gasteiger partial charge in [-0.25, -0.2) is 0 Å². The molecule has 1 aliphatic heterocycles. The van der Waals surface area contributed by atoms with Crippen molar-refractivity contribution in [3.63, 3.8) is 0 Å². The van der Waals surface area contributed by atoms with Gasteiger partial charge in [0, 0.05) is 17.9 Å². The molecule has 164 valence electrons. The predicted molar refractivity (Wildman–Crippen MR) is 113 cm³/mol. The first kappa shape index (κ1) is 26.8. The van der Waals surface area contributed by atoms with Gasteiger partial charge in [0.2, 0.25) is 0 Å². The summed E-state index contributed by atoms with van der Waals surface area (Å²) in [4.78, 5) is 32.4. The molecule has 1 aliphatic rings. The van der Waals surface area contributed by atoms with Crippen molar-refractivity contribution in [2.75, 3.05) is 18.1 Å². The third-order valence-corrected chi connectivity index (χ3v) is 5.19. The quantitative estimate of drug-likeness (QED) is 0.395. The Balaban J connectivity index is 0.000000521. The second-order valence-electron chi connectivity index (χ2n) is 7.07. The summed E-state index contributed by atoms with van der Waals surface area (Å²) in [7, 11) is 0. The van der Waals surface area contributed by atoms with Gasteiger partial charge in [-0.15, -0.1) is 0 Å². The van der Waals surface area contributed by atoms with Gasteiger partial charge in [-0.1, -0.05) is 58.3 Å². The van der Waals surface area contributed by atoms with Gasteiger partial charge in [0.15, 0.2) is 0 Å². The monoisotopic (exact) mass is 418 g/mol. The number of hydrogen-bond donors (Lipinski definition) is 1. The van der Waals surface area contributed by atoms with Gasteiger partial charge in [0.1, 0.15) is 12.7 Å². The summed E-state index contributed by atoms with van der Waals surface area (Å²) in [5.41, 5.74) is 0. The average Bonchev–Trinajstić information content (AvgIpc) is 2.67. The lowest BCUT2D eigenvalue weighted by Crippen LogP contribution is -2.22. The summed E-state index contributed by atoms with van der Waals surface area (Å²) in [6.45, 7) is 4.11. The van der Waals surface area contributed by atoms with E-state index in [4.69, 9.17) is 14.6 Å². The summed E-state index contributed by atoms with van der Waals surface area (Å²) in [5.74, 6) is 0.317. The van der Waals surface area contributed by atoms with Crippen LogP contribution in [0.2, 0.25) is 0 Å². The lowest BCUT2D eigenvalue weighted by atomic mass is 10.1. The van der Waals surface area contributed by atoms with Crippen molar-refractivity contribution in [2.24, 2.45) is 0 Å². The number of ether oxygens (including phenoxy) is 2. The topological polar surface area (TPSA) is 89.9 Å². The molecule has 1 saturated heterocycles. The van der Waals surface area contributed by atoms with Crippen molar-refractivity contribution < 1.29 is 29.0 Å². The van der Waals surface area contributed by atoms with E-state index in [1.165, 1.54) is 44.9 Å². The van der Waals surface area contributed by atoms with Crippen LogP contribution in [0.15, 0.2) is 0 Å². The van der Waals surface area contributed by atoms with Crippen LogP contribution in [0.3, 0.4) is 0 Å². The van der Waals surface area contributed by atoms with E-state index >= 15 is 0 Å². The minimum atomic E-state index is -0.659. The summed E-state index contributed by atoms with van der Waals surface area (Å²) >= 11 is 1.57. The molecule has 6 nitrogen and oxygen atoms in total. The first-order valence-electron chi connectivity index (χ1n) is 10.6. The number of carbonyl (C=O) groups excluding carboxylic acids is 2. The molecular formula is C21H38O6S. The summed E-state index contributed by atoms with van der Waals surface area (Å²) in [6.07, 6.45) is 12.0. The molecule has 1 heterocycles. The van der Waals surface area contributed by atoms with E-state index in [0.29, 0.717) is 30.8 Å². The van der Waals surface area contributed by atoms with Crippen LogP contribution in [0.1, 0.15) is 90.9 Å². The summed E-state index contributed by atoms with van der Waals surface area (Å²) < 4.78 is 9.91. The Kier molecular flexibility index (Phi) is 18.2. The fourth-order valence-electron chi connectivity index (χ4n) is 2.60. The van der Waals surface area contributed by atoms with E-state index in [1.807, 2.05) is 0 Å². The van der Waals surface area contributed by atoms with Crippen LogP contribution in [0.4, 0.5) is 0 Å². The molecule has 7 heteroatoms. The maximum Gasteiger partial charge on any atom is 0.307 e. The Hall–Kier alpha value is -1.24. The van der Waals surface area contributed by atoms with Gasteiger partial charge in [-0.2, -0.15) is 11.8 Å². The molecule has 0 spiro atoms. The van der Waals surface area contributed by atoms with Crippen LogP contribution in [0.25, 0.3) is 0 Å². The molecule has 0 bridgehead atoms. The van der Waals surface area contributed by atoms with Crippen LogP contribution >= 0.6 is 11.8 Å². The second-order valence-corrected chi connectivity index (χ2v) is 8.29. The zero-order chi connectivity index (χ0) is 21.0. The van der Waals surface area contributed by atoms with Crippen LogP contribution in [-0.2, 0) is 23.9 Å². The molecule has 1 rings (SSSR count). The molecule has 0 aromatic carbocycles. The van der Waals surface area contributed by atoms with E-state index in [1.54, 1.807) is 18.7 Å². The Morgan fingerprint density at radius 1 is 0.964 bits per heavy atom. The minimum absolute atomic E-state index is 0.162. The molecule has 0 aromatic heterocycles. The molecule has 0 amide bonds. The molecule has 0 aliphatic carbocycles. The molecule has 0 aromatic rings. The number of esters is 2. The van der Waals surface area contributed by atoms with Crippen LogP contribution in [0.5, 0.6) is 0 Å². The van der Waals surface area contributed by atoms with Gasteiger partial charge in [0.05, 0.1) is 12.8 Å². The van der Waals surface area contributed by atoms with E-state index < -0.39 is 5.97 Å². The molecule has 0 radical (unpaired) electrons. The molecule has 0 saturated carbocycles. The summed E-state index contributed by atoms with van der Waals surface area (Å²) in [6, 6.07) is 0. The number of carboxylic acids is 1. The maximum absolute atomic E-state index is 11.1. The normalized spacial score (nSPS) is 18.1. The number of cyclic esters (lactones) is 2. The number of thioether (sulfide) groups is 1. The minimum Gasteiger partial charge on any atom is -0.481 e. The fraction of sp³-hybridized carbons (Fsp3) is 0.857. The van der Waals surface area contributed by atoms with Crippen molar-refractivity contribution in [3.8, 4) is 0 Å². The number of hydrogen-bond acceptors (Lipinski definition) is 6. The highest BCUT2D eigenvalue weighted by Crippen LogP contribution is 2.10. The van der Waals surface area contributed by atoms with Crippen molar-refractivity contribution in [3.05, 3.63) is 0 Å². The van der Waals surface area contributed by atoms with Gasteiger partial charge in [0.25, 0.3) is 0 Å². The number of aliphatic carboxylic acids is 1. The van der Waals surface area contributed by atoms with Crippen molar-refractivity contribution in [1.29, 1.82) is 0 Å². The van der Waals surface area contributed by atoms with Crippen LogP contribution < -0.4 is 0 Å². The highest BCUT2D eigenvalue weighted by atomic mass is 32.2. The zero-order valence-corrected chi connectivity index (χ0v) is 18.4. The molecule has 1 fully saturated rings. The first-order valence-corrected chi connectivity index (χ1v) is 11.8. The Bertz CT molecular complexity index is 427. The zero-order valence-electron chi connectivity index (χ0n) is 17.6. The first-order chi connectivity index (χ1) is 13.5. The van der Waals surface area contributed by atoms with E-state index in [2.05, 4.69) is 6.92 Å². The number of carboxylic acid groups (broad SMARTS) is 1. The Morgan fingerprint density at radius 2 is 1.50 bits per heavy atom. The molecule has 1 N–H and O–H groups in total. The largest absolute Gasteiger partial charge is 0.481 e. The second kappa shape index (κ2) is 19.1. The van der Waals surface area contributed by atoms with Crippen LogP contribution in [-0.4, -0.2) is 47.2 Å². The highest BCUT2D eigenvalue weighted by molar-refractivity contribution is 7.99. The SMILES string of the molecule is CC1COC(=O)CCSCCC(=O)O1.CCCCCCCCCCCC(=O)O. The highest BCUT2D eigenvalue weighted by Gasteiger charge is 2.13. The van der Waals surface area contributed by atoms with Gasteiger partial charge in [-0.3, -0.25) is 14.4 Å². The fourth-order valence-corrected chi connectivity index (χ4v) is 3.43. The van der Waals surface area contributed by atoms with Gasteiger partial charge >= 0.3 is 17.9 Å². The maximum atomic E-state index is 11.1. The van der Waals surface area contributed by atoms with Crippen molar-refractivity contribution >= 4 is 29.7 Å². The third kappa shape index (κ3) is 19.5. The Morgan fingerprint density at radius 3 is 2.07 bits per heavy atom. The van der Waals surface area contributed by atoms with Crippen molar-refractivity contribution in [1.82, 2.24) is 0 Å². The molecule has 1 unspecified atom stereocenters. The third-order valence-electron chi connectivity index (χ3n) is 4.21.